The summed E-state index contributed by atoms with van der Waals surface area (Å²) in [7, 11) is 0. The van der Waals surface area contributed by atoms with Crippen molar-refractivity contribution in [2.45, 2.75) is 20.0 Å². The molecule has 0 atom stereocenters. The number of rotatable bonds is 7. The van der Waals surface area contributed by atoms with Crippen LogP contribution < -0.4 is 5.32 Å². The van der Waals surface area contributed by atoms with Gasteiger partial charge in [0, 0.05) is 29.4 Å². The lowest BCUT2D eigenvalue weighted by Gasteiger charge is -2.03. The average Bonchev–Trinajstić information content (AvgIpc) is 2.96. The molecule has 6 heteroatoms. The van der Waals surface area contributed by atoms with E-state index < -0.39 is 0 Å². The number of ether oxygens (including phenoxy) is 1. The minimum atomic E-state index is 0.532. The summed E-state index contributed by atoms with van der Waals surface area (Å²) < 4.78 is 9.53. The van der Waals surface area contributed by atoms with Crippen molar-refractivity contribution in [3.05, 3.63) is 28.1 Å². The summed E-state index contributed by atoms with van der Waals surface area (Å²) in [4.78, 5) is 1.35. The van der Waals surface area contributed by atoms with Crippen LogP contribution in [-0.2, 0) is 17.8 Å². The van der Waals surface area contributed by atoms with Gasteiger partial charge in [-0.3, -0.25) is 0 Å². The van der Waals surface area contributed by atoms with E-state index in [-0.39, 0.29) is 0 Å². The lowest BCUT2D eigenvalue weighted by Crippen LogP contribution is -2.02. The summed E-state index contributed by atoms with van der Waals surface area (Å²) in [6.45, 7) is 4.20. The summed E-state index contributed by atoms with van der Waals surface area (Å²) in [5, 5.41) is 10.4. The van der Waals surface area contributed by atoms with Gasteiger partial charge in [0.2, 0.25) is 0 Å². The van der Waals surface area contributed by atoms with Crippen LogP contribution >= 0.6 is 22.9 Å². The Balaban J connectivity index is 1.72. The number of nitrogens with one attached hydrogen (secondary N) is 1. The highest BCUT2D eigenvalue weighted by Crippen LogP contribution is 2.18. The molecule has 0 saturated heterocycles. The average molecular weight is 269 g/mol. The van der Waals surface area contributed by atoms with Crippen LogP contribution in [0.25, 0.3) is 0 Å². The Hall–Kier alpha value is -0.980. The first-order chi connectivity index (χ1) is 8.40. The van der Waals surface area contributed by atoms with Crippen molar-refractivity contribution in [3.8, 4) is 0 Å². The summed E-state index contributed by atoms with van der Waals surface area (Å²) >= 11 is 3.14. The van der Waals surface area contributed by atoms with Crippen LogP contribution in [0.2, 0.25) is 0 Å². The molecule has 0 aliphatic rings. The van der Waals surface area contributed by atoms with Gasteiger partial charge in [0.05, 0.1) is 13.2 Å². The Bertz CT molecular complexity index is 428. The monoisotopic (exact) mass is 269 g/mol. The van der Waals surface area contributed by atoms with Crippen LogP contribution in [0, 0.1) is 0 Å². The molecule has 0 fully saturated rings. The normalized spacial score (nSPS) is 10.6. The molecular formula is C11H15N3OS2. The predicted molar refractivity (Wildman–Crippen MR) is 71.8 cm³/mol. The van der Waals surface area contributed by atoms with Crippen LogP contribution in [0.4, 0.5) is 5.00 Å². The second-order valence-corrected chi connectivity index (χ2v) is 5.25. The van der Waals surface area contributed by atoms with E-state index in [1.807, 2.05) is 0 Å². The molecule has 0 amide bonds. The van der Waals surface area contributed by atoms with E-state index in [0.717, 1.165) is 30.3 Å². The van der Waals surface area contributed by atoms with Crippen LogP contribution in [0.3, 0.4) is 0 Å². The standard InChI is InChI=1S/C11H15N3OS2/c1-2-12-11-10(13-14-17-11)8-15-6-5-9-4-3-7-16-9/h3-4,7,12H,2,5-6,8H2,1H3. The molecule has 2 rings (SSSR count). The van der Waals surface area contributed by atoms with Crippen molar-refractivity contribution >= 4 is 27.9 Å². The second-order valence-electron chi connectivity index (χ2n) is 3.46. The van der Waals surface area contributed by atoms with E-state index in [2.05, 4.69) is 39.3 Å². The highest BCUT2D eigenvalue weighted by Gasteiger charge is 2.06. The number of hydrogen-bond donors (Lipinski definition) is 1. The maximum absolute atomic E-state index is 5.61. The third-order valence-electron chi connectivity index (χ3n) is 2.20. The molecule has 0 radical (unpaired) electrons. The number of aromatic nitrogens is 2. The quantitative estimate of drug-likeness (QED) is 0.785. The second kappa shape index (κ2) is 6.68. The van der Waals surface area contributed by atoms with Gasteiger partial charge >= 0.3 is 0 Å². The Labute approximate surface area is 109 Å². The molecule has 4 nitrogen and oxygen atoms in total. The van der Waals surface area contributed by atoms with Crippen LogP contribution in [0.5, 0.6) is 0 Å². The molecule has 2 aromatic heterocycles. The molecule has 0 aliphatic carbocycles. The highest BCUT2D eigenvalue weighted by molar-refractivity contribution is 7.10. The van der Waals surface area contributed by atoms with Crippen LogP contribution in [-0.4, -0.2) is 22.7 Å². The largest absolute Gasteiger partial charge is 0.375 e. The van der Waals surface area contributed by atoms with Crippen molar-refractivity contribution in [2.24, 2.45) is 0 Å². The zero-order valence-corrected chi connectivity index (χ0v) is 11.3. The van der Waals surface area contributed by atoms with E-state index in [1.165, 1.54) is 16.4 Å². The lowest BCUT2D eigenvalue weighted by atomic mass is 10.4. The summed E-state index contributed by atoms with van der Waals surface area (Å²) in [6.07, 6.45) is 0.964. The van der Waals surface area contributed by atoms with Crippen molar-refractivity contribution in [1.82, 2.24) is 9.59 Å². The maximum Gasteiger partial charge on any atom is 0.135 e. The molecule has 2 aromatic rings. The fraction of sp³-hybridized carbons (Fsp3) is 0.455. The van der Waals surface area contributed by atoms with E-state index in [4.69, 9.17) is 4.74 Å². The number of anilines is 1. The molecule has 1 N–H and O–H groups in total. The van der Waals surface area contributed by atoms with E-state index in [9.17, 15) is 0 Å². The first-order valence-electron chi connectivity index (χ1n) is 5.55. The first kappa shape index (κ1) is 12.5. The molecule has 0 unspecified atom stereocenters. The zero-order chi connectivity index (χ0) is 11.9. The van der Waals surface area contributed by atoms with Gasteiger partial charge in [0.1, 0.15) is 10.7 Å². The van der Waals surface area contributed by atoms with Gasteiger partial charge < -0.3 is 10.1 Å². The van der Waals surface area contributed by atoms with Crippen molar-refractivity contribution in [1.29, 1.82) is 0 Å². The fourth-order valence-corrected chi connectivity index (χ4v) is 2.72. The maximum atomic E-state index is 5.61. The molecule has 17 heavy (non-hydrogen) atoms. The number of thiophene rings is 1. The summed E-state index contributed by atoms with van der Waals surface area (Å²) in [5.74, 6) is 0. The lowest BCUT2D eigenvalue weighted by molar-refractivity contribution is 0.122. The highest BCUT2D eigenvalue weighted by atomic mass is 32.1. The minimum absolute atomic E-state index is 0.532. The Kier molecular flexibility index (Phi) is 4.90. The molecule has 2 heterocycles. The van der Waals surface area contributed by atoms with Gasteiger partial charge in [0.15, 0.2) is 0 Å². The SMILES string of the molecule is CCNc1snnc1COCCc1cccs1. The summed E-state index contributed by atoms with van der Waals surface area (Å²) in [5.41, 5.74) is 0.906. The van der Waals surface area contributed by atoms with Gasteiger partial charge in [-0.1, -0.05) is 10.6 Å². The Morgan fingerprint density at radius 1 is 1.47 bits per heavy atom. The molecule has 0 bridgehead atoms. The zero-order valence-electron chi connectivity index (χ0n) is 9.68. The molecule has 0 saturated carbocycles. The molecule has 0 aliphatic heterocycles. The third-order valence-corrected chi connectivity index (χ3v) is 3.87. The van der Waals surface area contributed by atoms with Crippen LogP contribution in [0.15, 0.2) is 17.5 Å². The topological polar surface area (TPSA) is 47.0 Å². The Morgan fingerprint density at radius 2 is 2.41 bits per heavy atom. The molecule has 0 aromatic carbocycles. The smallest absolute Gasteiger partial charge is 0.135 e. The van der Waals surface area contributed by atoms with Crippen molar-refractivity contribution in [2.75, 3.05) is 18.5 Å². The van der Waals surface area contributed by atoms with Gasteiger partial charge in [-0.15, -0.1) is 16.4 Å². The van der Waals surface area contributed by atoms with E-state index in [0.29, 0.717) is 6.61 Å². The van der Waals surface area contributed by atoms with Gasteiger partial charge in [-0.05, 0) is 18.4 Å². The predicted octanol–water partition coefficient (Wildman–Crippen LogP) is 2.79. The fourth-order valence-electron chi connectivity index (χ4n) is 1.39. The Morgan fingerprint density at radius 3 is 3.18 bits per heavy atom. The van der Waals surface area contributed by atoms with E-state index in [1.54, 1.807) is 11.3 Å². The molecule has 92 valence electrons. The van der Waals surface area contributed by atoms with Gasteiger partial charge in [-0.25, -0.2) is 0 Å². The van der Waals surface area contributed by atoms with Gasteiger partial charge in [-0.2, -0.15) is 0 Å². The first-order valence-corrected chi connectivity index (χ1v) is 7.20. The van der Waals surface area contributed by atoms with Crippen molar-refractivity contribution in [3.63, 3.8) is 0 Å². The minimum Gasteiger partial charge on any atom is -0.375 e. The van der Waals surface area contributed by atoms with E-state index >= 15 is 0 Å². The number of hydrogen-bond acceptors (Lipinski definition) is 6. The van der Waals surface area contributed by atoms with Gasteiger partial charge in [0.25, 0.3) is 0 Å². The van der Waals surface area contributed by atoms with Crippen molar-refractivity contribution < 1.29 is 4.74 Å². The third kappa shape index (κ3) is 3.76. The number of nitrogens with zero attached hydrogens (tertiary/aromatic N) is 2. The molecular weight excluding hydrogens is 254 g/mol. The van der Waals surface area contributed by atoms with Crippen LogP contribution in [0.1, 0.15) is 17.5 Å². The molecule has 0 spiro atoms. The summed E-state index contributed by atoms with van der Waals surface area (Å²) in [6, 6.07) is 4.19.